The van der Waals surface area contributed by atoms with Crippen LogP contribution in [-0.2, 0) is 16.6 Å². The summed E-state index contributed by atoms with van der Waals surface area (Å²) in [5.74, 6) is 0.160. The Morgan fingerprint density at radius 2 is 1.69 bits per heavy atom. The largest absolute Gasteiger partial charge is 0.342 e. The smallest absolute Gasteiger partial charge is 0.236 e. The van der Waals surface area contributed by atoms with Gasteiger partial charge in [-0.25, -0.2) is 0 Å². The van der Waals surface area contributed by atoms with Crippen molar-refractivity contribution >= 4 is 5.91 Å². The molecule has 1 unspecified atom stereocenters. The molecule has 1 amide bonds. The molecular weight excluding hydrogens is 394 g/mol. The van der Waals surface area contributed by atoms with Gasteiger partial charge in [-0.3, -0.25) is 15.1 Å². The highest BCUT2D eigenvalue weighted by molar-refractivity contribution is 5.78. The fourth-order valence-electron chi connectivity index (χ4n) is 4.82. The Bertz CT molecular complexity index is 972. The summed E-state index contributed by atoms with van der Waals surface area (Å²) in [6.07, 6.45) is 4.84. The predicted octanol–water partition coefficient (Wildman–Crippen LogP) is 4.90. The minimum absolute atomic E-state index is 0.104. The van der Waals surface area contributed by atoms with Gasteiger partial charge in [0.1, 0.15) is 0 Å². The highest BCUT2D eigenvalue weighted by Crippen LogP contribution is 2.37. The van der Waals surface area contributed by atoms with Gasteiger partial charge in [0, 0.05) is 19.3 Å². The second kappa shape index (κ2) is 10.1. The molecule has 3 aromatic rings. The molecule has 0 radical (unpaired) electrons. The average molecular weight is 428 g/mol. The lowest BCUT2D eigenvalue weighted by Crippen LogP contribution is -2.47. The summed E-state index contributed by atoms with van der Waals surface area (Å²) in [7, 11) is 0. The van der Waals surface area contributed by atoms with E-state index >= 15 is 0 Å². The number of carbonyl (C=O) groups is 1. The van der Waals surface area contributed by atoms with Crippen LogP contribution in [0.4, 0.5) is 0 Å². The van der Waals surface area contributed by atoms with Crippen LogP contribution in [-0.4, -0.2) is 35.4 Å². The molecule has 4 nitrogen and oxygen atoms in total. The summed E-state index contributed by atoms with van der Waals surface area (Å²) in [6, 6.07) is 24.8. The van der Waals surface area contributed by atoms with Crippen molar-refractivity contribution in [3.63, 3.8) is 0 Å². The molecule has 1 atom stereocenters. The lowest BCUT2D eigenvalue weighted by molar-refractivity contribution is -0.131. The van der Waals surface area contributed by atoms with E-state index in [2.05, 4.69) is 60.5 Å². The molecule has 2 heterocycles. The normalized spacial score (nSPS) is 16.5. The van der Waals surface area contributed by atoms with E-state index in [1.54, 1.807) is 6.20 Å². The zero-order valence-corrected chi connectivity index (χ0v) is 19.1. The molecule has 4 heteroatoms. The fraction of sp³-hybridized carbons (Fsp3) is 0.357. The number of hydrogen-bond donors (Lipinski definition) is 1. The van der Waals surface area contributed by atoms with Gasteiger partial charge in [-0.05, 0) is 53.5 Å². The topological polar surface area (TPSA) is 45.2 Å². The number of pyridine rings is 1. The maximum atomic E-state index is 13.1. The summed E-state index contributed by atoms with van der Waals surface area (Å²) in [6.45, 7) is 6.48. The molecule has 2 aromatic carbocycles. The molecule has 1 saturated heterocycles. The number of amides is 1. The van der Waals surface area contributed by atoms with Crippen molar-refractivity contribution in [3.8, 4) is 0 Å². The number of rotatable bonds is 7. The van der Waals surface area contributed by atoms with Crippen LogP contribution in [0.3, 0.4) is 0 Å². The number of piperidine rings is 1. The molecule has 0 saturated carbocycles. The van der Waals surface area contributed by atoms with E-state index < -0.39 is 0 Å². The zero-order chi connectivity index (χ0) is 22.4. The Kier molecular flexibility index (Phi) is 7.01. The molecule has 0 spiro atoms. The van der Waals surface area contributed by atoms with Gasteiger partial charge in [0.25, 0.3) is 0 Å². The Labute approximate surface area is 191 Å². The third kappa shape index (κ3) is 4.91. The number of nitrogens with zero attached hydrogens (tertiary/aromatic N) is 2. The van der Waals surface area contributed by atoms with Crippen LogP contribution < -0.4 is 5.32 Å². The third-order valence-corrected chi connectivity index (χ3v) is 6.84. The number of hydrogen-bond acceptors (Lipinski definition) is 3. The van der Waals surface area contributed by atoms with Gasteiger partial charge < -0.3 is 4.90 Å². The maximum Gasteiger partial charge on any atom is 0.236 e. The summed E-state index contributed by atoms with van der Waals surface area (Å²) in [5, 5.41) is 3.47. The van der Waals surface area contributed by atoms with E-state index in [1.165, 1.54) is 11.1 Å². The molecule has 32 heavy (non-hydrogen) atoms. The van der Waals surface area contributed by atoms with E-state index in [0.29, 0.717) is 6.54 Å². The van der Waals surface area contributed by atoms with Crippen molar-refractivity contribution in [2.45, 2.75) is 44.6 Å². The second-order valence-electron chi connectivity index (χ2n) is 8.93. The van der Waals surface area contributed by atoms with Gasteiger partial charge in [-0.1, -0.05) is 74.5 Å². The molecule has 166 valence electrons. The highest BCUT2D eigenvalue weighted by atomic mass is 16.2. The van der Waals surface area contributed by atoms with Gasteiger partial charge in [0.15, 0.2) is 0 Å². The minimum atomic E-state index is -0.104. The number of benzene rings is 2. The van der Waals surface area contributed by atoms with E-state index in [4.69, 9.17) is 0 Å². The minimum Gasteiger partial charge on any atom is -0.342 e. The first-order chi connectivity index (χ1) is 15.6. The van der Waals surface area contributed by atoms with Crippen LogP contribution in [0, 0.1) is 0 Å². The highest BCUT2D eigenvalue weighted by Gasteiger charge is 2.34. The van der Waals surface area contributed by atoms with Crippen molar-refractivity contribution in [1.29, 1.82) is 0 Å². The number of likely N-dealkylation sites (tertiary alicyclic amines) is 1. The van der Waals surface area contributed by atoms with Gasteiger partial charge in [0.05, 0.1) is 18.3 Å². The third-order valence-electron chi connectivity index (χ3n) is 6.84. The first-order valence-electron chi connectivity index (χ1n) is 11.7. The first-order valence-corrected chi connectivity index (χ1v) is 11.7. The van der Waals surface area contributed by atoms with Crippen LogP contribution in [0.2, 0.25) is 0 Å². The maximum absolute atomic E-state index is 13.1. The van der Waals surface area contributed by atoms with E-state index in [0.717, 1.165) is 43.6 Å². The molecule has 1 fully saturated rings. The molecule has 1 N–H and O–H groups in total. The van der Waals surface area contributed by atoms with Gasteiger partial charge in [-0.15, -0.1) is 0 Å². The second-order valence-corrected chi connectivity index (χ2v) is 8.93. The summed E-state index contributed by atoms with van der Waals surface area (Å²) >= 11 is 0. The van der Waals surface area contributed by atoms with E-state index in [9.17, 15) is 4.79 Å². The average Bonchev–Trinajstić information content (AvgIpc) is 2.86. The lowest BCUT2D eigenvalue weighted by Gasteiger charge is -2.41. The van der Waals surface area contributed by atoms with Crippen LogP contribution in [0.1, 0.15) is 55.1 Å². The van der Waals surface area contributed by atoms with Gasteiger partial charge >= 0.3 is 0 Å². The van der Waals surface area contributed by atoms with Crippen molar-refractivity contribution < 1.29 is 4.79 Å². The van der Waals surface area contributed by atoms with Crippen LogP contribution in [0.15, 0.2) is 79.0 Å². The molecule has 0 aliphatic carbocycles. The predicted molar refractivity (Wildman–Crippen MR) is 130 cm³/mol. The standard InChI is InChI=1S/C28H33N3O/c1-3-22-11-7-8-14-24(22)28(2)16-19-31(20-17-28)26(32)21-30-27(23-12-5-4-6-13-23)25-15-9-10-18-29-25/h4-15,18,27,30H,3,16-17,19-21H2,1-2H3. The number of carbonyl (C=O) groups excluding carboxylic acids is 1. The molecule has 1 aliphatic heterocycles. The number of aromatic nitrogens is 1. The SMILES string of the molecule is CCc1ccccc1C1(C)CCN(C(=O)CNC(c2ccccc2)c2ccccn2)CC1. The Morgan fingerprint density at radius 1 is 1.00 bits per heavy atom. The van der Waals surface area contributed by atoms with E-state index in [-0.39, 0.29) is 17.4 Å². The Morgan fingerprint density at radius 3 is 2.38 bits per heavy atom. The molecule has 1 aliphatic rings. The van der Waals surface area contributed by atoms with Crippen LogP contribution >= 0.6 is 0 Å². The zero-order valence-electron chi connectivity index (χ0n) is 19.1. The Hall–Kier alpha value is -2.98. The summed E-state index contributed by atoms with van der Waals surface area (Å²) < 4.78 is 0. The fourth-order valence-corrected chi connectivity index (χ4v) is 4.82. The quantitative estimate of drug-likeness (QED) is 0.583. The van der Waals surface area contributed by atoms with Gasteiger partial charge in [-0.2, -0.15) is 0 Å². The van der Waals surface area contributed by atoms with Crippen molar-refractivity contribution in [3.05, 3.63) is 101 Å². The molecular formula is C28H33N3O. The molecule has 4 rings (SSSR count). The monoisotopic (exact) mass is 427 g/mol. The van der Waals surface area contributed by atoms with Gasteiger partial charge in [0.2, 0.25) is 5.91 Å². The lowest BCUT2D eigenvalue weighted by atomic mass is 9.72. The van der Waals surface area contributed by atoms with Crippen LogP contribution in [0.25, 0.3) is 0 Å². The summed E-state index contributed by atoms with van der Waals surface area (Å²) in [5.41, 5.74) is 5.05. The van der Waals surface area contributed by atoms with E-state index in [1.807, 2.05) is 41.3 Å². The first kappa shape index (κ1) is 22.2. The number of aryl methyl sites for hydroxylation is 1. The number of nitrogens with one attached hydrogen (secondary N) is 1. The van der Waals surface area contributed by atoms with Crippen molar-refractivity contribution in [1.82, 2.24) is 15.2 Å². The summed E-state index contributed by atoms with van der Waals surface area (Å²) in [4.78, 5) is 19.6. The van der Waals surface area contributed by atoms with Crippen molar-refractivity contribution in [2.24, 2.45) is 0 Å². The molecule has 1 aromatic heterocycles. The Balaban J connectivity index is 1.40. The molecule has 0 bridgehead atoms. The van der Waals surface area contributed by atoms with Crippen molar-refractivity contribution in [2.75, 3.05) is 19.6 Å². The van der Waals surface area contributed by atoms with Crippen LogP contribution in [0.5, 0.6) is 0 Å².